The van der Waals surface area contributed by atoms with Gasteiger partial charge in [0.2, 0.25) is 11.8 Å². The molecular formula is C21H24BrN5O4. The smallest absolute Gasteiger partial charge is 0.269 e. The SMILES string of the molecule is CN(CC(=O)Nc1ccccc1Br)C(=O)CN1CCN(c2ccc([N+](=O)[O-])cc2)CC1. The Balaban J connectivity index is 1.44. The lowest BCUT2D eigenvalue weighted by Gasteiger charge is -2.36. The van der Waals surface area contributed by atoms with Gasteiger partial charge >= 0.3 is 0 Å². The summed E-state index contributed by atoms with van der Waals surface area (Å²) in [7, 11) is 1.62. The van der Waals surface area contributed by atoms with E-state index in [1.54, 1.807) is 25.2 Å². The Hall–Kier alpha value is -2.98. The number of nitro groups is 1. The van der Waals surface area contributed by atoms with Crippen LogP contribution in [0, 0.1) is 10.1 Å². The monoisotopic (exact) mass is 489 g/mol. The van der Waals surface area contributed by atoms with E-state index < -0.39 is 4.92 Å². The van der Waals surface area contributed by atoms with Gasteiger partial charge in [0.1, 0.15) is 0 Å². The molecule has 9 nitrogen and oxygen atoms in total. The summed E-state index contributed by atoms with van der Waals surface area (Å²) in [6, 6.07) is 13.8. The number of carbonyl (C=O) groups excluding carboxylic acids is 2. The first-order valence-corrected chi connectivity index (χ1v) is 10.6. The highest BCUT2D eigenvalue weighted by molar-refractivity contribution is 9.10. The molecule has 2 aromatic rings. The number of non-ortho nitro benzene ring substituents is 1. The zero-order valence-corrected chi connectivity index (χ0v) is 18.7. The van der Waals surface area contributed by atoms with E-state index in [1.807, 2.05) is 23.1 Å². The largest absolute Gasteiger partial charge is 0.369 e. The van der Waals surface area contributed by atoms with E-state index >= 15 is 0 Å². The molecule has 1 heterocycles. The lowest BCUT2D eigenvalue weighted by molar-refractivity contribution is -0.384. The normalized spacial score (nSPS) is 14.2. The van der Waals surface area contributed by atoms with Crippen LogP contribution in [0.2, 0.25) is 0 Å². The summed E-state index contributed by atoms with van der Waals surface area (Å²) in [5, 5.41) is 13.6. The van der Waals surface area contributed by atoms with E-state index in [-0.39, 0.29) is 30.6 Å². The summed E-state index contributed by atoms with van der Waals surface area (Å²) in [5.74, 6) is -0.378. The Kier molecular flexibility index (Phi) is 7.59. The van der Waals surface area contributed by atoms with E-state index in [4.69, 9.17) is 0 Å². The number of hydrogen-bond donors (Lipinski definition) is 1. The summed E-state index contributed by atoms with van der Waals surface area (Å²) in [6.07, 6.45) is 0. The number of piperazine rings is 1. The van der Waals surface area contributed by atoms with Crippen molar-refractivity contribution < 1.29 is 14.5 Å². The second kappa shape index (κ2) is 10.4. The van der Waals surface area contributed by atoms with Gasteiger partial charge in [-0.1, -0.05) is 12.1 Å². The highest BCUT2D eigenvalue weighted by atomic mass is 79.9. The lowest BCUT2D eigenvalue weighted by Crippen LogP contribution is -2.50. The molecule has 1 saturated heterocycles. The van der Waals surface area contributed by atoms with Crippen molar-refractivity contribution in [1.29, 1.82) is 0 Å². The maximum atomic E-state index is 12.5. The zero-order chi connectivity index (χ0) is 22.4. The number of hydrogen-bond acceptors (Lipinski definition) is 6. The van der Waals surface area contributed by atoms with Crippen LogP contribution in [0.3, 0.4) is 0 Å². The fourth-order valence-electron chi connectivity index (χ4n) is 3.32. The fourth-order valence-corrected chi connectivity index (χ4v) is 3.70. The van der Waals surface area contributed by atoms with Crippen molar-refractivity contribution in [1.82, 2.24) is 9.80 Å². The number of nitro benzene ring substituents is 1. The van der Waals surface area contributed by atoms with Gasteiger partial charge in [0.15, 0.2) is 0 Å². The van der Waals surface area contributed by atoms with Crippen LogP contribution >= 0.6 is 15.9 Å². The molecule has 1 fully saturated rings. The molecule has 164 valence electrons. The zero-order valence-electron chi connectivity index (χ0n) is 17.2. The van der Waals surface area contributed by atoms with E-state index in [2.05, 4.69) is 26.1 Å². The highest BCUT2D eigenvalue weighted by Crippen LogP contribution is 2.22. The number of nitrogens with zero attached hydrogens (tertiary/aromatic N) is 4. The molecule has 0 aliphatic carbocycles. The van der Waals surface area contributed by atoms with Crippen molar-refractivity contribution in [3.8, 4) is 0 Å². The van der Waals surface area contributed by atoms with Crippen LogP contribution in [-0.4, -0.2) is 72.9 Å². The second-order valence-electron chi connectivity index (χ2n) is 7.31. The molecule has 0 bridgehead atoms. The van der Waals surface area contributed by atoms with Gasteiger partial charge in [0.25, 0.3) is 5.69 Å². The predicted octanol–water partition coefficient (Wildman–Crippen LogP) is 2.58. The minimum Gasteiger partial charge on any atom is -0.369 e. The van der Waals surface area contributed by atoms with Gasteiger partial charge in [0, 0.05) is 55.5 Å². The summed E-state index contributed by atoms with van der Waals surface area (Å²) in [5.41, 5.74) is 1.66. The third-order valence-electron chi connectivity index (χ3n) is 5.11. The number of para-hydroxylation sites is 1. The fraction of sp³-hybridized carbons (Fsp3) is 0.333. The molecule has 1 N–H and O–H groups in total. The first kappa shape index (κ1) is 22.7. The van der Waals surface area contributed by atoms with Crippen LogP contribution in [-0.2, 0) is 9.59 Å². The summed E-state index contributed by atoms with van der Waals surface area (Å²) in [6.45, 7) is 3.05. The molecule has 0 atom stereocenters. The number of rotatable bonds is 7. The number of anilines is 2. The molecule has 1 aliphatic rings. The van der Waals surface area contributed by atoms with Crippen molar-refractivity contribution in [3.63, 3.8) is 0 Å². The molecule has 0 aromatic heterocycles. The third-order valence-corrected chi connectivity index (χ3v) is 5.80. The lowest BCUT2D eigenvalue weighted by atomic mass is 10.2. The maximum Gasteiger partial charge on any atom is 0.269 e. The van der Waals surface area contributed by atoms with E-state index in [1.165, 1.54) is 17.0 Å². The molecule has 10 heteroatoms. The second-order valence-corrected chi connectivity index (χ2v) is 8.17. The average molecular weight is 490 g/mol. The van der Waals surface area contributed by atoms with Gasteiger partial charge in [-0.25, -0.2) is 0 Å². The van der Waals surface area contributed by atoms with Crippen molar-refractivity contribution >= 4 is 44.8 Å². The minimum absolute atomic E-state index is 0.0249. The Morgan fingerprint density at radius 2 is 1.74 bits per heavy atom. The molecule has 1 aliphatic heterocycles. The Labute approximate surface area is 188 Å². The van der Waals surface area contributed by atoms with Crippen LogP contribution in [0.15, 0.2) is 53.0 Å². The topological polar surface area (TPSA) is 99.0 Å². The van der Waals surface area contributed by atoms with Crippen LogP contribution in [0.4, 0.5) is 17.1 Å². The quantitative estimate of drug-likeness (QED) is 0.473. The molecule has 3 rings (SSSR count). The highest BCUT2D eigenvalue weighted by Gasteiger charge is 2.22. The van der Waals surface area contributed by atoms with Gasteiger partial charge in [-0.05, 0) is 40.2 Å². The van der Waals surface area contributed by atoms with Gasteiger partial charge in [-0.15, -0.1) is 0 Å². The van der Waals surface area contributed by atoms with Crippen LogP contribution in [0.25, 0.3) is 0 Å². The first-order valence-electron chi connectivity index (χ1n) is 9.83. The molecular weight excluding hydrogens is 466 g/mol. The Bertz CT molecular complexity index is 945. The number of carbonyl (C=O) groups is 2. The number of amides is 2. The number of nitrogens with one attached hydrogen (secondary N) is 1. The third kappa shape index (κ3) is 6.25. The number of benzene rings is 2. The molecule has 0 unspecified atom stereocenters. The van der Waals surface area contributed by atoms with Crippen LogP contribution in [0.5, 0.6) is 0 Å². The van der Waals surface area contributed by atoms with Crippen LogP contribution < -0.4 is 10.2 Å². The summed E-state index contributed by atoms with van der Waals surface area (Å²) in [4.78, 5) is 40.8. The van der Waals surface area contributed by atoms with Crippen LogP contribution in [0.1, 0.15) is 0 Å². The number of likely N-dealkylation sites (N-methyl/N-ethyl adjacent to an activating group) is 1. The molecule has 0 radical (unpaired) electrons. The van der Waals surface area contributed by atoms with E-state index in [9.17, 15) is 19.7 Å². The maximum absolute atomic E-state index is 12.5. The van der Waals surface area contributed by atoms with Crippen molar-refractivity contribution in [3.05, 3.63) is 63.1 Å². The summed E-state index contributed by atoms with van der Waals surface area (Å²) < 4.78 is 0.781. The predicted molar refractivity (Wildman–Crippen MR) is 122 cm³/mol. The molecule has 0 spiro atoms. The average Bonchev–Trinajstić information content (AvgIpc) is 2.76. The number of halogens is 1. The Morgan fingerprint density at radius 1 is 1.10 bits per heavy atom. The van der Waals surface area contributed by atoms with Gasteiger partial charge < -0.3 is 15.1 Å². The molecule has 2 aromatic carbocycles. The molecule has 2 amide bonds. The van der Waals surface area contributed by atoms with E-state index in [0.29, 0.717) is 18.8 Å². The van der Waals surface area contributed by atoms with Gasteiger partial charge in [0.05, 0.1) is 23.7 Å². The van der Waals surface area contributed by atoms with Gasteiger partial charge in [-0.3, -0.25) is 24.6 Å². The van der Waals surface area contributed by atoms with Crippen molar-refractivity contribution in [2.75, 3.05) is 56.5 Å². The summed E-state index contributed by atoms with van der Waals surface area (Å²) >= 11 is 3.38. The van der Waals surface area contributed by atoms with E-state index in [0.717, 1.165) is 23.2 Å². The molecule has 0 saturated carbocycles. The van der Waals surface area contributed by atoms with Crippen molar-refractivity contribution in [2.24, 2.45) is 0 Å². The van der Waals surface area contributed by atoms with Crippen molar-refractivity contribution in [2.45, 2.75) is 0 Å². The Morgan fingerprint density at radius 3 is 2.35 bits per heavy atom. The molecule has 31 heavy (non-hydrogen) atoms. The standard InChI is InChI=1S/C21H24BrN5O4/c1-24(14-20(28)23-19-5-3-2-4-18(19)22)21(29)15-25-10-12-26(13-11-25)16-6-8-17(9-7-16)27(30)31/h2-9H,10-15H2,1H3,(H,23,28). The first-order chi connectivity index (χ1) is 14.8. The minimum atomic E-state index is -0.414. The van der Waals surface area contributed by atoms with Gasteiger partial charge in [-0.2, -0.15) is 0 Å².